The second-order valence-electron chi connectivity index (χ2n) is 5.24. The number of halogens is 1. The van der Waals surface area contributed by atoms with Gasteiger partial charge in [0.15, 0.2) is 0 Å². The smallest absolute Gasteiger partial charge is 0.232 e. The van der Waals surface area contributed by atoms with Crippen LogP contribution in [0.1, 0.15) is 12.0 Å². The van der Waals surface area contributed by atoms with Crippen molar-refractivity contribution in [2.45, 2.75) is 11.8 Å². The van der Waals surface area contributed by atoms with Gasteiger partial charge in [-0.1, -0.05) is 48.0 Å². The molecule has 2 aromatic rings. The van der Waals surface area contributed by atoms with Gasteiger partial charge < -0.3 is 5.73 Å². The van der Waals surface area contributed by atoms with Gasteiger partial charge in [0.05, 0.1) is 11.1 Å². The van der Waals surface area contributed by atoms with E-state index < -0.39 is 5.41 Å². The molecule has 1 atom stereocenters. The number of rotatable bonds is 3. The molecule has 1 aliphatic carbocycles. The number of carbonyl (C=O) groups is 1. The molecule has 0 bridgehead atoms. The van der Waals surface area contributed by atoms with Crippen molar-refractivity contribution in [3.05, 3.63) is 77.5 Å². The molecule has 0 saturated carbocycles. The number of carbonyl (C=O) groups excluding carboxylic acids is 1. The summed E-state index contributed by atoms with van der Waals surface area (Å²) in [7, 11) is 0. The van der Waals surface area contributed by atoms with E-state index in [9.17, 15) is 4.79 Å². The standard InChI is InChI=1S/C18H15ClN2O/c19-15-8-7-13(12-14(15)16-6-2-5-11-21-16)18(17(20)22)9-3-1-4-10-18/h1-9,11-12H,10H2,(H2,20,22). The van der Waals surface area contributed by atoms with Crippen molar-refractivity contribution in [3.8, 4) is 11.3 Å². The van der Waals surface area contributed by atoms with Crippen molar-refractivity contribution in [2.24, 2.45) is 5.73 Å². The summed E-state index contributed by atoms with van der Waals surface area (Å²) in [5.41, 5.74) is 7.25. The van der Waals surface area contributed by atoms with E-state index in [0.717, 1.165) is 16.8 Å². The van der Waals surface area contributed by atoms with Crippen molar-refractivity contribution < 1.29 is 4.79 Å². The zero-order chi connectivity index (χ0) is 15.6. The first kappa shape index (κ1) is 14.5. The third-order valence-electron chi connectivity index (χ3n) is 3.93. The Hall–Kier alpha value is -2.39. The van der Waals surface area contributed by atoms with Gasteiger partial charge in [-0.3, -0.25) is 9.78 Å². The fraction of sp³-hybridized carbons (Fsp3) is 0.111. The Morgan fingerprint density at radius 1 is 1.23 bits per heavy atom. The summed E-state index contributed by atoms with van der Waals surface area (Å²) in [5, 5.41) is 0.595. The van der Waals surface area contributed by atoms with Crippen LogP contribution in [0.3, 0.4) is 0 Å². The minimum atomic E-state index is -0.830. The number of hydrogen-bond acceptors (Lipinski definition) is 2. The Kier molecular flexibility index (Phi) is 3.82. The molecule has 0 spiro atoms. The number of hydrogen-bond donors (Lipinski definition) is 1. The molecule has 3 nitrogen and oxygen atoms in total. The maximum absolute atomic E-state index is 12.1. The average Bonchev–Trinajstić information content (AvgIpc) is 2.56. The van der Waals surface area contributed by atoms with Crippen molar-refractivity contribution in [1.29, 1.82) is 0 Å². The van der Waals surface area contributed by atoms with Gasteiger partial charge in [-0.25, -0.2) is 0 Å². The lowest BCUT2D eigenvalue weighted by Crippen LogP contribution is -2.39. The first-order chi connectivity index (χ1) is 10.6. The predicted octanol–water partition coefficient (Wildman–Crippen LogP) is 3.64. The molecule has 3 rings (SSSR count). The first-order valence-electron chi connectivity index (χ1n) is 6.99. The number of pyridine rings is 1. The van der Waals surface area contributed by atoms with Crippen LogP contribution in [0.2, 0.25) is 5.02 Å². The lowest BCUT2D eigenvalue weighted by Gasteiger charge is -2.29. The second-order valence-corrected chi connectivity index (χ2v) is 5.64. The summed E-state index contributed by atoms with van der Waals surface area (Å²) in [6, 6.07) is 11.2. The normalized spacial score (nSPS) is 20.0. The highest BCUT2D eigenvalue weighted by atomic mass is 35.5. The maximum atomic E-state index is 12.1. The Balaban J connectivity index is 2.15. The molecule has 1 unspecified atom stereocenters. The quantitative estimate of drug-likeness (QED) is 0.941. The Labute approximate surface area is 134 Å². The number of allylic oxidation sites excluding steroid dienone is 3. The van der Waals surface area contributed by atoms with Crippen LogP contribution in [0.4, 0.5) is 0 Å². The lowest BCUT2D eigenvalue weighted by molar-refractivity contribution is -0.121. The van der Waals surface area contributed by atoms with E-state index in [1.54, 1.807) is 12.3 Å². The molecular weight excluding hydrogens is 296 g/mol. The van der Waals surface area contributed by atoms with Crippen LogP contribution in [-0.2, 0) is 10.2 Å². The molecule has 1 aliphatic rings. The van der Waals surface area contributed by atoms with Gasteiger partial charge in [-0.2, -0.15) is 0 Å². The second kappa shape index (κ2) is 5.78. The maximum Gasteiger partial charge on any atom is 0.232 e. The third-order valence-corrected chi connectivity index (χ3v) is 4.26. The fourth-order valence-electron chi connectivity index (χ4n) is 2.68. The minimum Gasteiger partial charge on any atom is -0.369 e. The van der Waals surface area contributed by atoms with E-state index in [2.05, 4.69) is 4.98 Å². The number of nitrogens with zero attached hydrogens (tertiary/aromatic N) is 1. The molecular formula is C18H15ClN2O. The van der Waals surface area contributed by atoms with Crippen LogP contribution in [0.5, 0.6) is 0 Å². The first-order valence-corrected chi connectivity index (χ1v) is 7.37. The summed E-state index contributed by atoms with van der Waals surface area (Å²) < 4.78 is 0. The van der Waals surface area contributed by atoms with Gasteiger partial charge in [0.25, 0.3) is 0 Å². The van der Waals surface area contributed by atoms with Crippen molar-refractivity contribution in [1.82, 2.24) is 4.98 Å². The molecule has 0 radical (unpaired) electrons. The summed E-state index contributed by atoms with van der Waals surface area (Å²) >= 11 is 6.31. The highest BCUT2D eigenvalue weighted by Gasteiger charge is 2.36. The van der Waals surface area contributed by atoms with Gasteiger partial charge in [0.1, 0.15) is 0 Å². The third kappa shape index (κ3) is 2.44. The average molecular weight is 311 g/mol. The molecule has 0 aliphatic heterocycles. The predicted molar refractivity (Wildman–Crippen MR) is 88.5 cm³/mol. The van der Waals surface area contributed by atoms with Crippen molar-refractivity contribution >= 4 is 17.5 Å². The molecule has 1 aromatic heterocycles. The van der Waals surface area contributed by atoms with Crippen LogP contribution in [0.25, 0.3) is 11.3 Å². The van der Waals surface area contributed by atoms with E-state index in [1.807, 2.05) is 54.6 Å². The number of primary amides is 1. The molecule has 2 N–H and O–H groups in total. The highest BCUT2D eigenvalue weighted by Crippen LogP contribution is 2.37. The van der Waals surface area contributed by atoms with Gasteiger partial charge in [0, 0.05) is 16.8 Å². The van der Waals surface area contributed by atoms with Crippen molar-refractivity contribution in [2.75, 3.05) is 0 Å². The largest absolute Gasteiger partial charge is 0.369 e. The molecule has 0 saturated heterocycles. The monoisotopic (exact) mass is 310 g/mol. The summed E-state index contributed by atoms with van der Waals surface area (Å²) in [5.74, 6) is -0.373. The molecule has 1 heterocycles. The molecule has 1 aromatic carbocycles. The minimum absolute atomic E-state index is 0.373. The van der Waals surface area contributed by atoms with Crippen LogP contribution in [-0.4, -0.2) is 10.9 Å². The summed E-state index contributed by atoms with van der Waals surface area (Å²) in [4.78, 5) is 16.4. The highest BCUT2D eigenvalue weighted by molar-refractivity contribution is 6.33. The van der Waals surface area contributed by atoms with Gasteiger partial charge in [0.2, 0.25) is 5.91 Å². The molecule has 4 heteroatoms. The molecule has 110 valence electrons. The van der Waals surface area contributed by atoms with E-state index >= 15 is 0 Å². The van der Waals surface area contributed by atoms with E-state index in [-0.39, 0.29) is 5.91 Å². The summed E-state index contributed by atoms with van der Waals surface area (Å²) in [6.45, 7) is 0. The Bertz CT molecular complexity index is 768. The fourth-order valence-corrected chi connectivity index (χ4v) is 2.89. The molecule has 0 fully saturated rings. The lowest BCUT2D eigenvalue weighted by atomic mass is 9.74. The number of benzene rings is 1. The number of amides is 1. The van der Waals surface area contributed by atoms with Gasteiger partial charge in [-0.15, -0.1) is 0 Å². The van der Waals surface area contributed by atoms with Gasteiger partial charge >= 0.3 is 0 Å². The molecule has 1 amide bonds. The topological polar surface area (TPSA) is 56.0 Å². The zero-order valence-corrected chi connectivity index (χ0v) is 12.6. The Morgan fingerprint density at radius 3 is 2.73 bits per heavy atom. The van der Waals surface area contributed by atoms with Crippen LogP contribution in [0, 0.1) is 0 Å². The zero-order valence-electron chi connectivity index (χ0n) is 11.9. The van der Waals surface area contributed by atoms with E-state index in [4.69, 9.17) is 17.3 Å². The van der Waals surface area contributed by atoms with Crippen molar-refractivity contribution in [3.63, 3.8) is 0 Å². The SMILES string of the molecule is NC(=O)C1(c2ccc(Cl)c(-c3ccccn3)c2)C=CC=CC1. The Morgan fingerprint density at radius 2 is 2.09 bits per heavy atom. The number of nitrogens with two attached hydrogens (primary N) is 1. The van der Waals surface area contributed by atoms with E-state index in [1.165, 1.54) is 0 Å². The van der Waals surface area contributed by atoms with Crippen LogP contribution in [0.15, 0.2) is 66.9 Å². The van der Waals surface area contributed by atoms with E-state index in [0.29, 0.717) is 11.4 Å². The van der Waals surface area contributed by atoms with Crippen LogP contribution < -0.4 is 5.73 Å². The number of aromatic nitrogens is 1. The van der Waals surface area contributed by atoms with Gasteiger partial charge in [-0.05, 0) is 36.2 Å². The summed E-state index contributed by atoms with van der Waals surface area (Å²) in [6.07, 6.45) is 9.81. The molecule has 22 heavy (non-hydrogen) atoms. The van der Waals surface area contributed by atoms with Crippen LogP contribution >= 0.6 is 11.6 Å².